The van der Waals surface area contributed by atoms with E-state index in [0.29, 0.717) is 17.8 Å². The molecule has 1 aromatic rings. The van der Waals surface area contributed by atoms with Crippen molar-refractivity contribution >= 4 is 11.7 Å². The van der Waals surface area contributed by atoms with Crippen molar-refractivity contribution in [2.24, 2.45) is 5.73 Å². The molecule has 5 heteroatoms. The van der Waals surface area contributed by atoms with Gasteiger partial charge in [0.15, 0.2) is 0 Å². The van der Waals surface area contributed by atoms with Crippen molar-refractivity contribution in [3.05, 3.63) is 29.8 Å². The number of urea groups is 1. The summed E-state index contributed by atoms with van der Waals surface area (Å²) in [5.41, 5.74) is 7.12. The fraction of sp³-hybridized carbons (Fsp3) is 0.500. The molecule has 21 heavy (non-hydrogen) atoms. The number of nitrogens with two attached hydrogens (primary N) is 1. The normalized spacial score (nSPS) is 21.4. The third kappa shape index (κ3) is 3.96. The number of rotatable bonds is 3. The summed E-state index contributed by atoms with van der Waals surface area (Å²) in [5.74, 6) is 0. The molecule has 3 N–H and O–H groups in total. The zero-order valence-corrected chi connectivity index (χ0v) is 12.4. The molecule has 0 heterocycles. The second-order valence-corrected chi connectivity index (χ2v) is 5.48. The Labute approximate surface area is 125 Å². The maximum atomic E-state index is 12.4. The van der Waals surface area contributed by atoms with Gasteiger partial charge in [-0.1, -0.05) is 6.07 Å². The van der Waals surface area contributed by atoms with E-state index in [4.69, 9.17) is 11.0 Å². The van der Waals surface area contributed by atoms with Gasteiger partial charge in [-0.2, -0.15) is 5.26 Å². The second kappa shape index (κ2) is 7.09. The summed E-state index contributed by atoms with van der Waals surface area (Å²) in [4.78, 5) is 14.3. The average molecular weight is 286 g/mol. The molecule has 0 bridgehead atoms. The van der Waals surface area contributed by atoms with Crippen LogP contribution in [0.1, 0.15) is 38.2 Å². The van der Waals surface area contributed by atoms with Gasteiger partial charge in [0.2, 0.25) is 0 Å². The van der Waals surface area contributed by atoms with Gasteiger partial charge in [-0.15, -0.1) is 0 Å². The zero-order valence-electron chi connectivity index (χ0n) is 12.4. The lowest BCUT2D eigenvalue weighted by molar-refractivity contribution is 0.167. The van der Waals surface area contributed by atoms with Crippen LogP contribution >= 0.6 is 0 Å². The number of carbonyl (C=O) groups is 1. The monoisotopic (exact) mass is 286 g/mol. The predicted molar refractivity (Wildman–Crippen MR) is 82.8 cm³/mol. The standard InChI is InChI=1S/C16H22N4O/c1-2-20(15-8-6-13(18)7-9-15)16(21)19-14-5-3-4-12(10-14)11-17/h3-5,10,13,15H,2,6-9,18H2,1H3,(H,19,21). The van der Waals surface area contributed by atoms with Crippen LogP contribution in [-0.4, -0.2) is 29.6 Å². The zero-order chi connectivity index (χ0) is 15.2. The summed E-state index contributed by atoms with van der Waals surface area (Å²) in [7, 11) is 0. The van der Waals surface area contributed by atoms with Crippen LogP contribution in [0.5, 0.6) is 0 Å². The van der Waals surface area contributed by atoms with Crippen molar-refractivity contribution in [1.82, 2.24) is 4.90 Å². The van der Waals surface area contributed by atoms with Gasteiger partial charge in [0.05, 0.1) is 11.6 Å². The molecule has 1 fully saturated rings. The van der Waals surface area contributed by atoms with Gasteiger partial charge in [0.1, 0.15) is 0 Å². The minimum atomic E-state index is -0.104. The molecule has 1 aliphatic carbocycles. The number of nitrogens with zero attached hydrogens (tertiary/aromatic N) is 2. The van der Waals surface area contributed by atoms with Gasteiger partial charge >= 0.3 is 6.03 Å². The van der Waals surface area contributed by atoms with E-state index >= 15 is 0 Å². The first-order valence-corrected chi connectivity index (χ1v) is 7.47. The number of nitriles is 1. The van der Waals surface area contributed by atoms with Crippen LogP contribution in [0.25, 0.3) is 0 Å². The molecule has 1 saturated carbocycles. The van der Waals surface area contributed by atoms with Crippen LogP contribution in [0.3, 0.4) is 0 Å². The Morgan fingerprint density at radius 1 is 1.43 bits per heavy atom. The third-order valence-electron chi connectivity index (χ3n) is 4.03. The number of amides is 2. The van der Waals surface area contributed by atoms with E-state index in [1.807, 2.05) is 11.8 Å². The first-order chi connectivity index (χ1) is 10.1. The molecular formula is C16H22N4O. The molecule has 0 aromatic heterocycles. The van der Waals surface area contributed by atoms with Crippen molar-refractivity contribution in [2.45, 2.75) is 44.7 Å². The maximum absolute atomic E-state index is 12.4. The fourth-order valence-electron chi connectivity index (χ4n) is 2.84. The summed E-state index contributed by atoms with van der Waals surface area (Å²) in [6.07, 6.45) is 3.86. The number of benzene rings is 1. The molecule has 1 aromatic carbocycles. The second-order valence-electron chi connectivity index (χ2n) is 5.48. The quantitative estimate of drug-likeness (QED) is 0.896. The van der Waals surface area contributed by atoms with Crippen LogP contribution in [-0.2, 0) is 0 Å². The molecule has 2 rings (SSSR count). The van der Waals surface area contributed by atoms with E-state index in [1.54, 1.807) is 24.3 Å². The molecule has 0 saturated heterocycles. The van der Waals surface area contributed by atoms with Crippen LogP contribution in [0.4, 0.5) is 10.5 Å². The summed E-state index contributed by atoms with van der Waals surface area (Å²) in [6.45, 7) is 2.66. The van der Waals surface area contributed by atoms with Crippen LogP contribution < -0.4 is 11.1 Å². The molecule has 5 nitrogen and oxygen atoms in total. The van der Waals surface area contributed by atoms with Crippen molar-refractivity contribution in [1.29, 1.82) is 5.26 Å². The molecule has 1 aliphatic rings. The highest BCUT2D eigenvalue weighted by molar-refractivity contribution is 5.89. The summed E-state index contributed by atoms with van der Waals surface area (Å²) in [6, 6.07) is 9.47. The van der Waals surface area contributed by atoms with Crippen LogP contribution in [0, 0.1) is 11.3 Å². The highest BCUT2D eigenvalue weighted by atomic mass is 16.2. The molecule has 0 unspecified atom stereocenters. The van der Waals surface area contributed by atoms with E-state index in [9.17, 15) is 4.79 Å². The largest absolute Gasteiger partial charge is 0.328 e. The van der Waals surface area contributed by atoms with Gasteiger partial charge in [-0.05, 0) is 50.8 Å². The summed E-state index contributed by atoms with van der Waals surface area (Å²) < 4.78 is 0. The van der Waals surface area contributed by atoms with Crippen LogP contribution in [0.15, 0.2) is 24.3 Å². The van der Waals surface area contributed by atoms with Gasteiger partial charge in [0.25, 0.3) is 0 Å². The minimum Gasteiger partial charge on any atom is -0.328 e. The smallest absolute Gasteiger partial charge is 0.322 e. The first-order valence-electron chi connectivity index (χ1n) is 7.47. The van der Waals surface area contributed by atoms with E-state index in [1.165, 1.54) is 0 Å². The lowest BCUT2D eigenvalue weighted by Gasteiger charge is -2.35. The lowest BCUT2D eigenvalue weighted by Crippen LogP contribution is -2.46. The summed E-state index contributed by atoms with van der Waals surface area (Å²) in [5, 5.41) is 11.8. The van der Waals surface area contributed by atoms with Gasteiger partial charge < -0.3 is 16.0 Å². The van der Waals surface area contributed by atoms with Crippen molar-refractivity contribution < 1.29 is 4.79 Å². The molecule has 112 valence electrons. The van der Waals surface area contributed by atoms with Crippen LogP contribution in [0.2, 0.25) is 0 Å². The number of carbonyl (C=O) groups excluding carboxylic acids is 1. The number of hydrogen-bond acceptors (Lipinski definition) is 3. The van der Waals surface area contributed by atoms with E-state index in [2.05, 4.69) is 11.4 Å². The molecule has 2 amide bonds. The predicted octanol–water partition coefficient (Wildman–Crippen LogP) is 2.68. The third-order valence-corrected chi connectivity index (χ3v) is 4.03. The Balaban J connectivity index is 2.01. The Morgan fingerprint density at radius 2 is 2.14 bits per heavy atom. The highest BCUT2D eigenvalue weighted by Crippen LogP contribution is 2.23. The minimum absolute atomic E-state index is 0.104. The molecular weight excluding hydrogens is 264 g/mol. The first kappa shape index (κ1) is 15.3. The lowest BCUT2D eigenvalue weighted by atomic mass is 9.91. The van der Waals surface area contributed by atoms with Gasteiger partial charge in [-0.25, -0.2) is 4.79 Å². The average Bonchev–Trinajstić information content (AvgIpc) is 2.50. The fourth-order valence-corrected chi connectivity index (χ4v) is 2.84. The van der Waals surface area contributed by atoms with E-state index in [-0.39, 0.29) is 18.1 Å². The number of nitrogens with one attached hydrogen (secondary N) is 1. The highest BCUT2D eigenvalue weighted by Gasteiger charge is 2.26. The van der Waals surface area contributed by atoms with Crippen molar-refractivity contribution in [3.8, 4) is 6.07 Å². The SMILES string of the molecule is CCN(C(=O)Nc1cccc(C#N)c1)C1CCC(N)CC1. The van der Waals surface area contributed by atoms with Gasteiger partial charge in [0, 0.05) is 24.3 Å². The Kier molecular flexibility index (Phi) is 5.18. The molecule has 0 atom stereocenters. The Bertz CT molecular complexity index is 529. The molecule has 0 spiro atoms. The number of anilines is 1. The van der Waals surface area contributed by atoms with Crippen molar-refractivity contribution in [2.75, 3.05) is 11.9 Å². The Hall–Kier alpha value is -2.06. The summed E-state index contributed by atoms with van der Waals surface area (Å²) >= 11 is 0. The van der Waals surface area contributed by atoms with E-state index < -0.39 is 0 Å². The topological polar surface area (TPSA) is 82.2 Å². The van der Waals surface area contributed by atoms with Crippen molar-refractivity contribution in [3.63, 3.8) is 0 Å². The maximum Gasteiger partial charge on any atom is 0.322 e. The molecule has 0 radical (unpaired) electrons. The van der Waals surface area contributed by atoms with E-state index in [0.717, 1.165) is 25.7 Å². The number of hydrogen-bond donors (Lipinski definition) is 2. The molecule has 0 aliphatic heterocycles. The Morgan fingerprint density at radius 3 is 2.76 bits per heavy atom. The van der Waals surface area contributed by atoms with Gasteiger partial charge in [-0.3, -0.25) is 0 Å².